The summed E-state index contributed by atoms with van der Waals surface area (Å²) in [6.07, 6.45) is 5.34. The Morgan fingerprint density at radius 3 is 2.57 bits per heavy atom. The highest BCUT2D eigenvalue weighted by Gasteiger charge is 2.20. The number of benzene rings is 1. The molecule has 1 fully saturated rings. The Bertz CT molecular complexity index is 1070. The average molecular weight is 372 g/mol. The minimum absolute atomic E-state index is 0.541. The molecule has 1 aromatic carbocycles. The number of para-hydroxylation sites is 1. The van der Waals surface area contributed by atoms with Crippen LogP contribution in [-0.4, -0.2) is 51.2 Å². The summed E-state index contributed by atoms with van der Waals surface area (Å²) in [6.45, 7) is 4.53. The van der Waals surface area contributed by atoms with Crippen molar-refractivity contribution in [3.05, 3.63) is 66.9 Å². The molecule has 3 aromatic heterocycles. The summed E-state index contributed by atoms with van der Waals surface area (Å²) >= 11 is 0. The Morgan fingerprint density at radius 2 is 1.71 bits per heavy atom. The van der Waals surface area contributed by atoms with E-state index in [1.807, 2.05) is 24.4 Å². The Labute approximate surface area is 162 Å². The summed E-state index contributed by atoms with van der Waals surface area (Å²) in [4.78, 5) is 17.8. The quantitative estimate of drug-likeness (QED) is 0.545. The Hall–Kier alpha value is -3.32. The molecule has 0 amide bonds. The highest BCUT2D eigenvalue weighted by Crippen LogP contribution is 2.26. The van der Waals surface area contributed by atoms with Crippen LogP contribution >= 0.6 is 0 Å². The molecule has 0 unspecified atom stereocenters. The van der Waals surface area contributed by atoms with Crippen molar-refractivity contribution in [3.63, 3.8) is 0 Å². The molecule has 140 valence electrons. The van der Waals surface area contributed by atoms with Crippen LogP contribution < -0.4 is 4.90 Å². The molecule has 0 aliphatic carbocycles. The first-order chi connectivity index (χ1) is 13.9. The maximum Gasteiger partial charge on any atom is 0.258 e. The molecule has 7 nitrogen and oxygen atoms in total. The molecular formula is C21H20N6O. The number of hydrogen-bond donors (Lipinski definition) is 0. The molecule has 0 spiro atoms. The number of aromatic nitrogens is 4. The van der Waals surface area contributed by atoms with E-state index >= 15 is 0 Å². The van der Waals surface area contributed by atoms with Crippen molar-refractivity contribution in [1.29, 1.82) is 0 Å². The molecule has 0 bridgehead atoms. The van der Waals surface area contributed by atoms with E-state index in [2.05, 4.69) is 54.2 Å². The summed E-state index contributed by atoms with van der Waals surface area (Å²) < 4.78 is 5.40. The van der Waals surface area contributed by atoms with Gasteiger partial charge in [0.2, 0.25) is 0 Å². The van der Waals surface area contributed by atoms with Gasteiger partial charge in [-0.3, -0.25) is 14.9 Å². The number of hydrogen-bond acceptors (Lipinski definition) is 7. The van der Waals surface area contributed by atoms with Crippen molar-refractivity contribution in [2.24, 2.45) is 0 Å². The van der Waals surface area contributed by atoms with Crippen LogP contribution in [0, 0.1) is 0 Å². The van der Waals surface area contributed by atoms with Gasteiger partial charge >= 0.3 is 0 Å². The summed E-state index contributed by atoms with van der Waals surface area (Å²) in [7, 11) is 0. The lowest BCUT2D eigenvalue weighted by atomic mass is 10.1. The molecule has 28 heavy (non-hydrogen) atoms. The number of nitrogens with zero attached hydrogens (tertiary/aromatic N) is 6. The second-order valence-electron chi connectivity index (χ2n) is 6.86. The molecule has 0 saturated carbocycles. The van der Waals surface area contributed by atoms with Crippen molar-refractivity contribution in [2.75, 3.05) is 31.1 Å². The fraction of sp³-hybridized carbons (Fsp3) is 0.238. The highest BCUT2D eigenvalue weighted by molar-refractivity contribution is 5.91. The zero-order valence-electron chi connectivity index (χ0n) is 15.4. The molecule has 1 aliphatic heterocycles. The number of piperazine rings is 1. The Balaban J connectivity index is 1.25. The molecule has 1 saturated heterocycles. The highest BCUT2D eigenvalue weighted by atomic mass is 16.5. The normalized spacial score (nSPS) is 15.2. The summed E-state index contributed by atoms with van der Waals surface area (Å²) in [5.74, 6) is 1.26. The van der Waals surface area contributed by atoms with E-state index in [4.69, 9.17) is 4.52 Å². The van der Waals surface area contributed by atoms with Gasteiger partial charge in [0.1, 0.15) is 0 Å². The minimum Gasteiger partial charge on any atom is -0.368 e. The second-order valence-corrected chi connectivity index (χ2v) is 6.86. The SMILES string of the molecule is c1ccc2c(N3CCN(Cc4noc(-c5ccncc5)n4)CC3)ccnc2c1. The molecular weight excluding hydrogens is 352 g/mol. The Kier molecular flexibility index (Phi) is 4.42. The Morgan fingerprint density at radius 1 is 0.893 bits per heavy atom. The van der Waals surface area contributed by atoms with E-state index in [-0.39, 0.29) is 0 Å². The van der Waals surface area contributed by atoms with Gasteiger partial charge in [0, 0.05) is 61.4 Å². The lowest BCUT2D eigenvalue weighted by Gasteiger charge is -2.36. The zero-order chi connectivity index (χ0) is 18.8. The molecule has 7 heteroatoms. The first-order valence-electron chi connectivity index (χ1n) is 9.41. The summed E-state index contributed by atoms with van der Waals surface area (Å²) in [6, 6.07) is 14.2. The third-order valence-corrected chi connectivity index (χ3v) is 5.10. The molecule has 0 atom stereocenters. The molecule has 0 radical (unpaired) electrons. The fourth-order valence-electron chi connectivity index (χ4n) is 3.63. The van der Waals surface area contributed by atoms with E-state index in [9.17, 15) is 0 Å². The number of anilines is 1. The van der Waals surface area contributed by atoms with Crippen molar-refractivity contribution in [2.45, 2.75) is 6.54 Å². The van der Waals surface area contributed by atoms with E-state index in [0.717, 1.165) is 43.1 Å². The number of rotatable bonds is 4. The predicted octanol–water partition coefficient (Wildman–Crippen LogP) is 3.00. The first-order valence-corrected chi connectivity index (χ1v) is 9.41. The van der Waals surface area contributed by atoms with Gasteiger partial charge in [-0.15, -0.1) is 0 Å². The van der Waals surface area contributed by atoms with Crippen molar-refractivity contribution < 1.29 is 4.52 Å². The van der Waals surface area contributed by atoms with Crippen LogP contribution in [0.5, 0.6) is 0 Å². The van der Waals surface area contributed by atoms with Crippen LogP contribution in [-0.2, 0) is 6.54 Å². The van der Waals surface area contributed by atoms with Crippen molar-refractivity contribution in [1.82, 2.24) is 25.0 Å². The monoisotopic (exact) mass is 372 g/mol. The number of fused-ring (bicyclic) bond motifs is 1. The summed E-state index contributed by atoms with van der Waals surface area (Å²) in [5, 5.41) is 5.34. The van der Waals surface area contributed by atoms with Crippen LogP contribution in [0.15, 0.2) is 65.6 Å². The zero-order valence-corrected chi connectivity index (χ0v) is 15.4. The molecule has 4 heterocycles. The van der Waals surface area contributed by atoms with E-state index in [0.29, 0.717) is 12.4 Å². The van der Waals surface area contributed by atoms with Gasteiger partial charge in [-0.1, -0.05) is 23.4 Å². The van der Waals surface area contributed by atoms with Crippen molar-refractivity contribution >= 4 is 16.6 Å². The van der Waals surface area contributed by atoms with Gasteiger partial charge in [-0.05, 0) is 24.3 Å². The van der Waals surface area contributed by atoms with E-state index < -0.39 is 0 Å². The van der Waals surface area contributed by atoms with Crippen LogP contribution in [0.1, 0.15) is 5.82 Å². The van der Waals surface area contributed by atoms with Gasteiger partial charge in [-0.25, -0.2) is 0 Å². The molecule has 0 N–H and O–H groups in total. The van der Waals surface area contributed by atoms with E-state index in [1.54, 1.807) is 12.4 Å². The van der Waals surface area contributed by atoms with Crippen LogP contribution in [0.3, 0.4) is 0 Å². The maximum atomic E-state index is 5.40. The topological polar surface area (TPSA) is 71.2 Å². The standard InChI is InChI=1S/C21H20N6O/c1-2-4-18-17(3-1)19(7-10-23-18)27-13-11-26(12-14-27)15-20-24-21(28-25-20)16-5-8-22-9-6-16/h1-10H,11-15H2. The third-order valence-electron chi connectivity index (χ3n) is 5.10. The number of pyridine rings is 2. The molecule has 1 aliphatic rings. The van der Waals surface area contributed by atoms with Gasteiger partial charge in [0.15, 0.2) is 5.82 Å². The largest absolute Gasteiger partial charge is 0.368 e. The van der Waals surface area contributed by atoms with Gasteiger partial charge < -0.3 is 9.42 Å². The van der Waals surface area contributed by atoms with Gasteiger partial charge in [0.05, 0.1) is 12.1 Å². The van der Waals surface area contributed by atoms with Crippen LogP contribution in [0.25, 0.3) is 22.4 Å². The minimum atomic E-state index is 0.541. The average Bonchev–Trinajstić information content (AvgIpc) is 3.23. The van der Waals surface area contributed by atoms with Crippen molar-refractivity contribution in [3.8, 4) is 11.5 Å². The maximum absolute atomic E-state index is 5.40. The third kappa shape index (κ3) is 3.32. The first kappa shape index (κ1) is 16.8. The van der Waals surface area contributed by atoms with Crippen LogP contribution in [0.2, 0.25) is 0 Å². The van der Waals surface area contributed by atoms with Crippen LogP contribution in [0.4, 0.5) is 5.69 Å². The molecule has 5 rings (SSSR count). The fourth-order valence-corrected chi connectivity index (χ4v) is 3.63. The molecule has 4 aromatic rings. The lowest BCUT2D eigenvalue weighted by Crippen LogP contribution is -2.46. The van der Waals surface area contributed by atoms with Gasteiger partial charge in [-0.2, -0.15) is 4.98 Å². The van der Waals surface area contributed by atoms with E-state index in [1.165, 1.54) is 11.1 Å². The van der Waals surface area contributed by atoms with Gasteiger partial charge in [0.25, 0.3) is 5.89 Å². The predicted molar refractivity (Wildman–Crippen MR) is 107 cm³/mol. The summed E-state index contributed by atoms with van der Waals surface area (Å²) in [5.41, 5.74) is 3.19. The smallest absolute Gasteiger partial charge is 0.258 e. The lowest BCUT2D eigenvalue weighted by molar-refractivity contribution is 0.240. The second kappa shape index (κ2) is 7.36.